The quantitative estimate of drug-likeness (QED) is 0.242. The van der Waals surface area contributed by atoms with Crippen molar-refractivity contribution in [1.29, 1.82) is 0 Å². The number of phenols is 1. The number of nitro groups is 1. The summed E-state index contributed by atoms with van der Waals surface area (Å²) in [5.74, 6) is -2.33. The van der Waals surface area contributed by atoms with Crippen LogP contribution in [-0.4, -0.2) is 22.0 Å². The number of benzene rings is 2. The summed E-state index contributed by atoms with van der Waals surface area (Å²) in [5, 5.41) is 22.7. The van der Waals surface area contributed by atoms with E-state index in [-0.39, 0.29) is 5.75 Å². The third-order valence-corrected chi connectivity index (χ3v) is 3.18. The highest BCUT2D eigenvalue weighted by Crippen LogP contribution is 2.33. The molecule has 0 radical (unpaired) electrons. The van der Waals surface area contributed by atoms with Gasteiger partial charge in [-0.2, -0.15) is 13.2 Å². The van der Waals surface area contributed by atoms with Gasteiger partial charge >= 0.3 is 18.2 Å². The number of primary amides is 1. The molecule has 0 unspecified atom stereocenters. The number of amides is 2. The zero-order valence-corrected chi connectivity index (χ0v) is 13.1. The molecule has 0 fully saturated rings. The summed E-state index contributed by atoms with van der Waals surface area (Å²) in [6, 6.07) is 3.27. The Balaban J connectivity index is 2.36. The third kappa shape index (κ3) is 4.62. The number of carbonyl (C=O) groups is 2. The number of nitrogens with one attached hydrogen (secondary N) is 1. The first-order valence-corrected chi connectivity index (χ1v) is 6.96. The second-order valence-corrected chi connectivity index (χ2v) is 5.04. The predicted octanol–water partition coefficient (Wildman–Crippen LogP) is 3.03. The number of urea groups is 1. The first-order valence-electron chi connectivity index (χ1n) is 6.96. The number of hydrogen-bond acceptors (Lipinski definition) is 6. The van der Waals surface area contributed by atoms with Gasteiger partial charge in [-0.1, -0.05) is 0 Å². The van der Waals surface area contributed by atoms with E-state index in [4.69, 9.17) is 10.5 Å². The Kier molecular flexibility index (Phi) is 5.19. The summed E-state index contributed by atoms with van der Waals surface area (Å²) < 4.78 is 42.4. The normalized spacial score (nSPS) is 10.9. The van der Waals surface area contributed by atoms with E-state index in [0.717, 1.165) is 18.2 Å². The van der Waals surface area contributed by atoms with Gasteiger partial charge in [0.2, 0.25) is 0 Å². The van der Waals surface area contributed by atoms with Crippen molar-refractivity contribution in [3.8, 4) is 11.5 Å². The monoisotopic (exact) mass is 385 g/mol. The van der Waals surface area contributed by atoms with E-state index in [1.165, 1.54) is 0 Å². The van der Waals surface area contributed by atoms with E-state index in [0.29, 0.717) is 18.2 Å². The molecule has 12 heteroatoms. The van der Waals surface area contributed by atoms with Crippen LogP contribution in [0.25, 0.3) is 0 Å². The number of nitro benzene ring substituents is 1. The van der Waals surface area contributed by atoms with E-state index in [2.05, 4.69) is 0 Å². The minimum atomic E-state index is -4.59. The van der Waals surface area contributed by atoms with Gasteiger partial charge in [-0.05, 0) is 30.3 Å². The van der Waals surface area contributed by atoms with Crippen LogP contribution < -0.4 is 15.8 Å². The molecule has 9 nitrogen and oxygen atoms in total. The Morgan fingerprint density at radius 3 is 2.26 bits per heavy atom. The fraction of sp³-hybridized carbons (Fsp3) is 0.0667. The second-order valence-electron chi connectivity index (χ2n) is 5.04. The lowest BCUT2D eigenvalue weighted by Crippen LogP contribution is -2.20. The molecule has 0 aliphatic carbocycles. The lowest BCUT2D eigenvalue weighted by atomic mass is 10.1. The smallest absolute Gasteiger partial charge is 0.416 e. The van der Waals surface area contributed by atoms with Gasteiger partial charge in [0.05, 0.1) is 22.2 Å². The minimum absolute atomic E-state index is 0.306. The minimum Gasteiger partial charge on any atom is -0.506 e. The summed E-state index contributed by atoms with van der Waals surface area (Å²) in [6.07, 6.45) is -4.59. The van der Waals surface area contributed by atoms with Crippen molar-refractivity contribution in [3.05, 3.63) is 57.6 Å². The molecule has 4 N–H and O–H groups in total. The molecule has 2 amide bonds. The number of phenolic OH excluding ortho intramolecular Hbond substituents is 1. The topological polar surface area (TPSA) is 145 Å². The molecular weight excluding hydrogens is 375 g/mol. The average Bonchev–Trinajstić information content (AvgIpc) is 2.55. The molecule has 0 atom stereocenters. The van der Waals surface area contributed by atoms with Crippen LogP contribution in [0.5, 0.6) is 11.5 Å². The van der Waals surface area contributed by atoms with Crippen molar-refractivity contribution in [2.24, 2.45) is 5.73 Å². The summed E-state index contributed by atoms with van der Waals surface area (Å²) in [5.41, 5.74) is 2.00. The van der Waals surface area contributed by atoms with E-state index < -0.39 is 51.4 Å². The van der Waals surface area contributed by atoms with Crippen molar-refractivity contribution >= 4 is 23.4 Å². The zero-order chi connectivity index (χ0) is 20.4. The number of anilines is 1. The molecule has 0 aromatic heterocycles. The van der Waals surface area contributed by atoms with E-state index >= 15 is 0 Å². The standard InChI is InChI=1S/C15H10F3N3O6/c16-15(17,18)7-1-3-8(4-2-7)27-13(23)9-5-10(20-14(19)24)12(22)6-11(9)21(25)26/h1-6,22H,(H3,19,20,24). The van der Waals surface area contributed by atoms with Crippen molar-refractivity contribution in [2.45, 2.75) is 6.18 Å². The molecule has 0 saturated heterocycles. The predicted molar refractivity (Wildman–Crippen MR) is 84.4 cm³/mol. The SMILES string of the molecule is NC(=O)Nc1cc(C(=O)Oc2ccc(C(F)(F)F)cc2)c([N+](=O)[O-])cc1O. The fourth-order valence-corrected chi connectivity index (χ4v) is 2.00. The van der Waals surface area contributed by atoms with Crippen molar-refractivity contribution in [3.63, 3.8) is 0 Å². The highest BCUT2D eigenvalue weighted by atomic mass is 19.4. The van der Waals surface area contributed by atoms with E-state index in [9.17, 15) is 38.0 Å². The van der Waals surface area contributed by atoms with Crippen LogP contribution in [-0.2, 0) is 6.18 Å². The van der Waals surface area contributed by atoms with Gasteiger partial charge in [0.25, 0.3) is 5.69 Å². The molecule has 2 rings (SSSR count). The van der Waals surface area contributed by atoms with E-state index in [1.807, 2.05) is 5.32 Å². The number of halogens is 3. The Morgan fingerprint density at radius 1 is 1.19 bits per heavy atom. The zero-order valence-electron chi connectivity index (χ0n) is 13.1. The van der Waals surface area contributed by atoms with Gasteiger partial charge in [0.15, 0.2) is 0 Å². The molecule has 0 spiro atoms. The molecule has 0 aliphatic rings. The van der Waals surface area contributed by atoms with Gasteiger partial charge in [0, 0.05) is 0 Å². The largest absolute Gasteiger partial charge is 0.506 e. The number of rotatable bonds is 4. The number of ether oxygens (including phenoxy) is 1. The van der Waals surface area contributed by atoms with Gasteiger partial charge in [0.1, 0.15) is 17.1 Å². The van der Waals surface area contributed by atoms with Crippen molar-refractivity contribution < 1.29 is 37.5 Å². The Labute approximate surface area is 148 Å². The first-order chi connectivity index (χ1) is 12.5. The highest BCUT2D eigenvalue weighted by molar-refractivity contribution is 5.99. The Hall–Kier alpha value is -3.83. The number of hydrogen-bond donors (Lipinski definition) is 3. The lowest BCUT2D eigenvalue weighted by Gasteiger charge is -2.10. The second kappa shape index (κ2) is 7.19. The van der Waals surface area contributed by atoms with Crippen LogP contribution >= 0.6 is 0 Å². The van der Waals surface area contributed by atoms with Crippen LogP contribution in [0.15, 0.2) is 36.4 Å². The molecule has 0 heterocycles. The number of esters is 1. The molecule has 142 valence electrons. The average molecular weight is 385 g/mol. The van der Waals surface area contributed by atoms with Gasteiger partial charge < -0.3 is 20.9 Å². The van der Waals surface area contributed by atoms with Gasteiger partial charge in [-0.3, -0.25) is 10.1 Å². The summed E-state index contributed by atoms with van der Waals surface area (Å²) in [4.78, 5) is 33.2. The van der Waals surface area contributed by atoms with Crippen LogP contribution in [0.1, 0.15) is 15.9 Å². The Bertz CT molecular complexity index is 912. The summed E-state index contributed by atoms with van der Waals surface area (Å²) in [7, 11) is 0. The molecule has 2 aromatic carbocycles. The fourth-order valence-electron chi connectivity index (χ4n) is 2.00. The maximum absolute atomic E-state index is 12.5. The summed E-state index contributed by atoms with van der Waals surface area (Å²) in [6.45, 7) is 0. The first kappa shape index (κ1) is 19.5. The molecule has 0 bridgehead atoms. The molecular formula is C15H10F3N3O6. The number of aromatic hydroxyl groups is 1. The number of alkyl halides is 3. The van der Waals surface area contributed by atoms with Crippen LogP contribution in [0, 0.1) is 10.1 Å². The number of nitrogens with two attached hydrogens (primary N) is 1. The Morgan fingerprint density at radius 2 is 1.78 bits per heavy atom. The molecule has 2 aromatic rings. The van der Waals surface area contributed by atoms with E-state index in [1.54, 1.807) is 0 Å². The number of carbonyl (C=O) groups excluding carboxylic acids is 2. The van der Waals surface area contributed by atoms with Gasteiger partial charge in [-0.25, -0.2) is 9.59 Å². The van der Waals surface area contributed by atoms with Crippen LogP contribution in [0.4, 0.5) is 29.3 Å². The maximum Gasteiger partial charge on any atom is 0.416 e. The lowest BCUT2D eigenvalue weighted by molar-refractivity contribution is -0.385. The van der Waals surface area contributed by atoms with Crippen molar-refractivity contribution in [1.82, 2.24) is 0 Å². The molecule has 27 heavy (non-hydrogen) atoms. The third-order valence-electron chi connectivity index (χ3n) is 3.18. The molecule has 0 aliphatic heterocycles. The maximum atomic E-state index is 12.5. The van der Waals surface area contributed by atoms with Gasteiger partial charge in [-0.15, -0.1) is 0 Å². The number of nitrogens with zero attached hydrogens (tertiary/aromatic N) is 1. The highest BCUT2D eigenvalue weighted by Gasteiger charge is 2.30. The molecule has 0 saturated carbocycles. The summed E-state index contributed by atoms with van der Waals surface area (Å²) >= 11 is 0. The van der Waals surface area contributed by atoms with Crippen LogP contribution in [0.2, 0.25) is 0 Å². The van der Waals surface area contributed by atoms with Crippen LogP contribution in [0.3, 0.4) is 0 Å². The van der Waals surface area contributed by atoms with Crippen molar-refractivity contribution in [2.75, 3.05) is 5.32 Å².